The summed E-state index contributed by atoms with van der Waals surface area (Å²) in [5.41, 5.74) is 1.73. The van der Waals surface area contributed by atoms with Crippen molar-refractivity contribution in [2.75, 3.05) is 5.32 Å². The van der Waals surface area contributed by atoms with Crippen molar-refractivity contribution in [1.29, 1.82) is 0 Å². The number of carbonyl (C=O) groups excluding carboxylic acids is 1. The minimum absolute atomic E-state index is 0.292. The number of aromatic nitrogens is 5. The van der Waals surface area contributed by atoms with Crippen LogP contribution in [0.15, 0.2) is 41.5 Å². The molecule has 0 aliphatic heterocycles. The van der Waals surface area contributed by atoms with E-state index in [9.17, 15) is 4.79 Å². The Hall–Kier alpha value is -2.32. The summed E-state index contributed by atoms with van der Waals surface area (Å²) < 4.78 is 0.765. The van der Waals surface area contributed by atoms with Gasteiger partial charge in [0.2, 0.25) is 0 Å². The molecule has 1 amide bonds. The number of nitrogens with zero attached hydrogens (tertiary/aromatic N) is 5. The van der Waals surface area contributed by atoms with Crippen LogP contribution in [0.4, 0.5) is 5.69 Å². The Kier molecular flexibility index (Phi) is 4.35. The number of amides is 1. The number of hydrogen-bond acceptors (Lipinski definition) is 5. The fraction of sp³-hybridized carbons (Fsp3) is 0.0714. The first-order valence-electron chi connectivity index (χ1n) is 6.50. The van der Waals surface area contributed by atoms with Gasteiger partial charge in [0.1, 0.15) is 0 Å². The predicted octanol–water partition coefficient (Wildman–Crippen LogP) is 3.03. The zero-order valence-corrected chi connectivity index (χ0v) is 14.2. The second-order valence-electron chi connectivity index (χ2n) is 4.60. The standard InChI is InChI=1S/C14H10BrClN6O/c1-8-10(6-17-7-11(8)15)14(23)21-9-4-12(16)13(18-5-9)22-19-2-3-20-22/h2-7H,1H3,(H,21,23). The maximum absolute atomic E-state index is 12.3. The van der Waals surface area contributed by atoms with Gasteiger partial charge in [-0.2, -0.15) is 10.2 Å². The molecule has 116 valence electrons. The molecular formula is C14H10BrClN6O. The summed E-state index contributed by atoms with van der Waals surface area (Å²) in [4.78, 5) is 21.8. The zero-order chi connectivity index (χ0) is 16.4. The zero-order valence-electron chi connectivity index (χ0n) is 11.9. The first-order chi connectivity index (χ1) is 11.1. The van der Waals surface area contributed by atoms with Gasteiger partial charge in [-0.05, 0) is 34.5 Å². The summed E-state index contributed by atoms with van der Waals surface area (Å²) in [6.45, 7) is 1.83. The molecule has 0 fully saturated rings. The molecule has 23 heavy (non-hydrogen) atoms. The first-order valence-corrected chi connectivity index (χ1v) is 7.67. The third-order valence-electron chi connectivity index (χ3n) is 3.09. The monoisotopic (exact) mass is 392 g/mol. The van der Waals surface area contributed by atoms with Gasteiger partial charge in [0.15, 0.2) is 5.82 Å². The highest BCUT2D eigenvalue weighted by molar-refractivity contribution is 9.10. The van der Waals surface area contributed by atoms with Gasteiger partial charge in [0.25, 0.3) is 5.91 Å². The maximum Gasteiger partial charge on any atom is 0.257 e. The van der Waals surface area contributed by atoms with Crippen molar-refractivity contribution < 1.29 is 4.79 Å². The fourth-order valence-electron chi connectivity index (χ4n) is 1.90. The molecule has 9 heteroatoms. The number of anilines is 1. The Morgan fingerprint density at radius 3 is 2.70 bits per heavy atom. The van der Waals surface area contributed by atoms with Gasteiger partial charge in [0.05, 0.1) is 34.9 Å². The normalized spacial score (nSPS) is 10.6. The lowest BCUT2D eigenvalue weighted by Gasteiger charge is -2.09. The van der Waals surface area contributed by atoms with Crippen LogP contribution in [0.1, 0.15) is 15.9 Å². The van der Waals surface area contributed by atoms with Gasteiger partial charge < -0.3 is 5.32 Å². The lowest BCUT2D eigenvalue weighted by Crippen LogP contribution is -2.14. The molecule has 0 aromatic carbocycles. The third kappa shape index (κ3) is 3.22. The van der Waals surface area contributed by atoms with Crippen LogP contribution in [0.2, 0.25) is 5.02 Å². The number of rotatable bonds is 3. The summed E-state index contributed by atoms with van der Waals surface area (Å²) >= 11 is 9.52. The van der Waals surface area contributed by atoms with E-state index in [0.29, 0.717) is 22.1 Å². The molecule has 0 unspecified atom stereocenters. The molecule has 0 saturated carbocycles. The lowest BCUT2D eigenvalue weighted by atomic mass is 10.1. The molecule has 0 spiro atoms. The van der Waals surface area contributed by atoms with Gasteiger partial charge in [-0.25, -0.2) is 4.98 Å². The molecule has 0 atom stereocenters. The average molecular weight is 394 g/mol. The Morgan fingerprint density at radius 2 is 2.00 bits per heavy atom. The second-order valence-corrected chi connectivity index (χ2v) is 5.86. The highest BCUT2D eigenvalue weighted by atomic mass is 79.9. The second kappa shape index (κ2) is 6.43. The van der Waals surface area contributed by atoms with Crippen molar-refractivity contribution in [2.24, 2.45) is 0 Å². The van der Waals surface area contributed by atoms with Crippen LogP contribution in [0.3, 0.4) is 0 Å². The summed E-state index contributed by atoms with van der Waals surface area (Å²) in [6, 6.07) is 1.59. The van der Waals surface area contributed by atoms with E-state index in [-0.39, 0.29) is 5.91 Å². The van der Waals surface area contributed by atoms with Crippen molar-refractivity contribution in [2.45, 2.75) is 6.92 Å². The van der Waals surface area contributed by atoms with E-state index in [0.717, 1.165) is 10.0 Å². The van der Waals surface area contributed by atoms with Crippen LogP contribution in [-0.2, 0) is 0 Å². The molecule has 3 heterocycles. The topological polar surface area (TPSA) is 85.6 Å². The molecule has 0 saturated heterocycles. The molecule has 7 nitrogen and oxygen atoms in total. The van der Waals surface area contributed by atoms with E-state index in [2.05, 4.69) is 41.4 Å². The molecule has 3 rings (SSSR count). The molecule has 0 aliphatic carbocycles. The highest BCUT2D eigenvalue weighted by Crippen LogP contribution is 2.22. The highest BCUT2D eigenvalue weighted by Gasteiger charge is 2.13. The van der Waals surface area contributed by atoms with E-state index >= 15 is 0 Å². The maximum atomic E-state index is 12.3. The average Bonchev–Trinajstić information content (AvgIpc) is 3.04. The SMILES string of the molecule is Cc1c(Br)cncc1C(=O)Nc1cnc(-n2nccn2)c(Cl)c1. The Balaban J connectivity index is 1.85. The van der Waals surface area contributed by atoms with Crippen molar-refractivity contribution in [1.82, 2.24) is 25.0 Å². The van der Waals surface area contributed by atoms with E-state index in [1.165, 1.54) is 29.6 Å². The van der Waals surface area contributed by atoms with Crippen molar-refractivity contribution in [3.05, 3.63) is 57.7 Å². The van der Waals surface area contributed by atoms with Gasteiger partial charge in [-0.3, -0.25) is 9.78 Å². The van der Waals surface area contributed by atoms with E-state index < -0.39 is 0 Å². The molecule has 3 aromatic heterocycles. The quantitative estimate of drug-likeness (QED) is 0.739. The summed E-state index contributed by atoms with van der Waals surface area (Å²) in [7, 11) is 0. The summed E-state index contributed by atoms with van der Waals surface area (Å²) in [6.07, 6.45) is 7.68. The first kappa shape index (κ1) is 15.6. The van der Waals surface area contributed by atoms with E-state index in [4.69, 9.17) is 11.6 Å². The van der Waals surface area contributed by atoms with Gasteiger partial charge >= 0.3 is 0 Å². The van der Waals surface area contributed by atoms with Crippen molar-refractivity contribution >= 4 is 39.1 Å². The predicted molar refractivity (Wildman–Crippen MR) is 88.8 cm³/mol. The Morgan fingerprint density at radius 1 is 1.26 bits per heavy atom. The number of nitrogens with one attached hydrogen (secondary N) is 1. The molecule has 1 N–H and O–H groups in total. The minimum atomic E-state index is -0.292. The van der Waals surface area contributed by atoms with Crippen LogP contribution in [0, 0.1) is 6.92 Å². The number of halogens is 2. The summed E-state index contributed by atoms with van der Waals surface area (Å²) in [5.74, 6) is 0.0918. The van der Waals surface area contributed by atoms with Crippen LogP contribution < -0.4 is 5.32 Å². The minimum Gasteiger partial charge on any atom is -0.320 e. The third-order valence-corrected chi connectivity index (χ3v) is 4.16. The van der Waals surface area contributed by atoms with E-state index in [1.54, 1.807) is 12.3 Å². The Labute approximate surface area is 144 Å². The fourth-order valence-corrected chi connectivity index (χ4v) is 2.47. The Bertz CT molecular complexity index is 868. The van der Waals surface area contributed by atoms with Crippen LogP contribution >= 0.6 is 27.5 Å². The van der Waals surface area contributed by atoms with Gasteiger partial charge in [0, 0.05) is 16.9 Å². The number of carbonyl (C=O) groups is 1. The number of hydrogen-bond donors (Lipinski definition) is 1. The summed E-state index contributed by atoms with van der Waals surface area (Å²) in [5, 5.41) is 11.0. The van der Waals surface area contributed by atoms with Crippen molar-refractivity contribution in [3.8, 4) is 5.82 Å². The number of pyridine rings is 2. The van der Waals surface area contributed by atoms with Crippen LogP contribution in [0.25, 0.3) is 5.82 Å². The molecule has 3 aromatic rings. The molecular weight excluding hydrogens is 384 g/mol. The molecule has 0 aliphatic rings. The van der Waals surface area contributed by atoms with Crippen molar-refractivity contribution in [3.63, 3.8) is 0 Å². The van der Waals surface area contributed by atoms with Crippen LogP contribution in [0.5, 0.6) is 0 Å². The largest absolute Gasteiger partial charge is 0.320 e. The van der Waals surface area contributed by atoms with Crippen LogP contribution in [-0.4, -0.2) is 30.9 Å². The molecule has 0 radical (unpaired) electrons. The van der Waals surface area contributed by atoms with Gasteiger partial charge in [-0.1, -0.05) is 11.6 Å². The lowest BCUT2D eigenvalue weighted by molar-refractivity contribution is 0.102. The van der Waals surface area contributed by atoms with E-state index in [1.807, 2.05) is 6.92 Å². The van der Waals surface area contributed by atoms with Gasteiger partial charge in [-0.15, -0.1) is 4.80 Å². The smallest absolute Gasteiger partial charge is 0.257 e. The molecule has 0 bridgehead atoms.